The molecule has 0 fully saturated rings. The first-order valence-corrected chi connectivity index (χ1v) is 2.47. The van der Waals surface area contributed by atoms with Crippen molar-refractivity contribution < 1.29 is 19.7 Å². The summed E-state index contributed by atoms with van der Waals surface area (Å²) in [6.45, 7) is 0. The molecule has 5 N–H and O–H groups in total. The Hall–Kier alpha value is -1.14. The second-order valence-electron chi connectivity index (χ2n) is 1.69. The van der Waals surface area contributed by atoms with E-state index in [1.807, 2.05) is 0 Å². The standard InChI is InChI=1S/C4H8N2O4/c5-2(1-3(6)7)4(8)10-9/h2,9H,1,5H2,(H2,6,7). The van der Waals surface area contributed by atoms with Gasteiger partial charge in [0.25, 0.3) is 0 Å². The van der Waals surface area contributed by atoms with Crippen LogP contribution in [0.2, 0.25) is 0 Å². The third-order valence-electron chi connectivity index (χ3n) is 0.814. The number of carbonyl (C=O) groups excluding carboxylic acids is 2. The summed E-state index contributed by atoms with van der Waals surface area (Å²) in [6, 6.07) is -1.18. The Morgan fingerprint density at radius 3 is 2.40 bits per heavy atom. The minimum Gasteiger partial charge on any atom is -0.370 e. The lowest BCUT2D eigenvalue weighted by Crippen LogP contribution is -2.35. The first-order chi connectivity index (χ1) is 4.57. The molecular weight excluding hydrogens is 140 g/mol. The van der Waals surface area contributed by atoms with Gasteiger partial charge in [-0.05, 0) is 0 Å². The minimum absolute atomic E-state index is 0.334. The zero-order valence-corrected chi connectivity index (χ0v) is 5.11. The average molecular weight is 148 g/mol. The Kier molecular flexibility index (Phi) is 3.37. The zero-order chi connectivity index (χ0) is 8.15. The lowest BCUT2D eigenvalue weighted by molar-refractivity contribution is -0.235. The van der Waals surface area contributed by atoms with Gasteiger partial charge in [0.05, 0.1) is 6.42 Å². The van der Waals surface area contributed by atoms with Gasteiger partial charge in [0, 0.05) is 0 Å². The van der Waals surface area contributed by atoms with E-state index < -0.39 is 17.9 Å². The molecule has 1 unspecified atom stereocenters. The molecule has 0 rings (SSSR count). The van der Waals surface area contributed by atoms with Crippen LogP contribution < -0.4 is 11.5 Å². The molecule has 0 spiro atoms. The smallest absolute Gasteiger partial charge is 0.359 e. The molecule has 6 nitrogen and oxygen atoms in total. The second kappa shape index (κ2) is 3.80. The monoisotopic (exact) mass is 148 g/mol. The fourth-order valence-electron chi connectivity index (χ4n) is 0.368. The maximum atomic E-state index is 10.2. The Morgan fingerprint density at radius 2 is 2.10 bits per heavy atom. The summed E-state index contributed by atoms with van der Waals surface area (Å²) in [6.07, 6.45) is -0.334. The van der Waals surface area contributed by atoms with Crippen molar-refractivity contribution in [2.45, 2.75) is 12.5 Å². The van der Waals surface area contributed by atoms with Crippen LogP contribution in [0.5, 0.6) is 0 Å². The highest BCUT2D eigenvalue weighted by Crippen LogP contribution is 1.88. The van der Waals surface area contributed by atoms with Crippen molar-refractivity contribution in [1.82, 2.24) is 0 Å². The van der Waals surface area contributed by atoms with Crippen molar-refractivity contribution in [1.29, 1.82) is 0 Å². The summed E-state index contributed by atoms with van der Waals surface area (Å²) in [4.78, 5) is 23.6. The van der Waals surface area contributed by atoms with Crippen LogP contribution in [0.4, 0.5) is 0 Å². The van der Waals surface area contributed by atoms with Crippen LogP contribution in [0.3, 0.4) is 0 Å². The third-order valence-corrected chi connectivity index (χ3v) is 0.814. The molecule has 0 saturated carbocycles. The van der Waals surface area contributed by atoms with Crippen molar-refractivity contribution in [2.24, 2.45) is 11.5 Å². The average Bonchev–Trinajstić information content (AvgIpc) is 1.85. The number of amides is 1. The van der Waals surface area contributed by atoms with Gasteiger partial charge in [-0.25, -0.2) is 4.79 Å². The summed E-state index contributed by atoms with van der Waals surface area (Å²) in [5.41, 5.74) is 9.67. The molecule has 1 atom stereocenters. The lowest BCUT2D eigenvalue weighted by Gasteiger charge is -2.02. The molecule has 6 heteroatoms. The SMILES string of the molecule is NC(=O)CC(N)C(=O)OO. The summed E-state index contributed by atoms with van der Waals surface area (Å²) >= 11 is 0. The molecule has 0 saturated heterocycles. The number of primary amides is 1. The molecule has 0 aliphatic heterocycles. The topological polar surface area (TPSA) is 116 Å². The van der Waals surface area contributed by atoms with Crippen LogP contribution >= 0.6 is 0 Å². The van der Waals surface area contributed by atoms with E-state index in [0.717, 1.165) is 0 Å². The molecule has 0 aromatic heterocycles. The predicted octanol–water partition coefficient (Wildman–Crippen LogP) is -1.79. The van der Waals surface area contributed by atoms with Gasteiger partial charge in [-0.15, -0.1) is 0 Å². The number of hydrogen-bond acceptors (Lipinski definition) is 5. The Labute approximate surface area is 56.7 Å². The van der Waals surface area contributed by atoms with Gasteiger partial charge < -0.3 is 11.5 Å². The van der Waals surface area contributed by atoms with Gasteiger partial charge in [0.15, 0.2) is 0 Å². The van der Waals surface area contributed by atoms with E-state index in [1.54, 1.807) is 0 Å². The summed E-state index contributed by atoms with van der Waals surface area (Å²) < 4.78 is 0. The normalized spacial score (nSPS) is 12.2. The van der Waals surface area contributed by atoms with Crippen molar-refractivity contribution in [3.63, 3.8) is 0 Å². The molecule has 0 aliphatic rings. The van der Waals surface area contributed by atoms with Crippen molar-refractivity contribution in [3.05, 3.63) is 0 Å². The molecule has 0 aliphatic carbocycles. The molecule has 10 heavy (non-hydrogen) atoms. The van der Waals surface area contributed by atoms with Crippen LogP contribution in [-0.4, -0.2) is 23.2 Å². The van der Waals surface area contributed by atoms with E-state index in [1.165, 1.54) is 0 Å². The van der Waals surface area contributed by atoms with Crippen LogP contribution in [-0.2, 0) is 14.5 Å². The third kappa shape index (κ3) is 3.00. The van der Waals surface area contributed by atoms with E-state index in [9.17, 15) is 9.59 Å². The van der Waals surface area contributed by atoms with Gasteiger partial charge in [-0.3, -0.25) is 9.68 Å². The van der Waals surface area contributed by atoms with Crippen LogP contribution in [0.15, 0.2) is 0 Å². The van der Waals surface area contributed by atoms with Gasteiger partial charge >= 0.3 is 5.97 Å². The number of carbonyl (C=O) groups is 2. The van der Waals surface area contributed by atoms with E-state index in [0.29, 0.717) is 0 Å². The molecule has 0 radical (unpaired) electrons. The van der Waals surface area contributed by atoms with Gasteiger partial charge in [-0.2, -0.15) is 5.26 Å². The quantitative estimate of drug-likeness (QED) is 0.322. The molecule has 58 valence electrons. The predicted molar refractivity (Wildman–Crippen MR) is 30.5 cm³/mol. The van der Waals surface area contributed by atoms with E-state index in [4.69, 9.17) is 11.0 Å². The first kappa shape index (κ1) is 8.86. The Morgan fingerprint density at radius 1 is 1.60 bits per heavy atom. The Balaban J connectivity index is 3.72. The van der Waals surface area contributed by atoms with Gasteiger partial charge in [0.1, 0.15) is 6.04 Å². The molecule has 1 amide bonds. The zero-order valence-electron chi connectivity index (χ0n) is 5.11. The lowest BCUT2D eigenvalue weighted by atomic mass is 10.2. The summed E-state index contributed by atoms with van der Waals surface area (Å²) in [5, 5.41) is 7.74. The van der Waals surface area contributed by atoms with E-state index in [-0.39, 0.29) is 6.42 Å². The highest BCUT2D eigenvalue weighted by Gasteiger charge is 2.16. The van der Waals surface area contributed by atoms with Crippen LogP contribution in [0.1, 0.15) is 6.42 Å². The van der Waals surface area contributed by atoms with E-state index >= 15 is 0 Å². The highest BCUT2D eigenvalue weighted by atomic mass is 17.1. The first-order valence-electron chi connectivity index (χ1n) is 2.47. The van der Waals surface area contributed by atoms with Crippen molar-refractivity contribution in [3.8, 4) is 0 Å². The fourth-order valence-corrected chi connectivity index (χ4v) is 0.368. The van der Waals surface area contributed by atoms with Crippen molar-refractivity contribution >= 4 is 11.9 Å². The highest BCUT2D eigenvalue weighted by molar-refractivity contribution is 5.83. The number of rotatable bonds is 3. The van der Waals surface area contributed by atoms with Crippen molar-refractivity contribution in [2.75, 3.05) is 0 Å². The summed E-state index contributed by atoms with van der Waals surface area (Å²) in [5.74, 6) is -1.79. The molecule has 0 aromatic carbocycles. The molecule has 0 heterocycles. The van der Waals surface area contributed by atoms with Gasteiger partial charge in [0.2, 0.25) is 5.91 Å². The van der Waals surface area contributed by atoms with Gasteiger partial charge in [-0.1, -0.05) is 0 Å². The molecule has 0 aromatic rings. The number of nitrogens with two attached hydrogens (primary N) is 2. The van der Waals surface area contributed by atoms with E-state index in [2.05, 4.69) is 10.6 Å². The van der Waals surface area contributed by atoms with Crippen LogP contribution in [0.25, 0.3) is 0 Å². The largest absolute Gasteiger partial charge is 0.370 e. The second-order valence-corrected chi connectivity index (χ2v) is 1.69. The maximum absolute atomic E-state index is 10.2. The fraction of sp³-hybridized carbons (Fsp3) is 0.500. The minimum atomic E-state index is -1.18. The maximum Gasteiger partial charge on any atom is 0.359 e. The molecular formula is C4H8N2O4. The molecule has 0 bridgehead atoms. The van der Waals surface area contributed by atoms with Crippen LogP contribution in [0, 0.1) is 0 Å². The Bertz CT molecular complexity index is 146. The summed E-state index contributed by atoms with van der Waals surface area (Å²) in [7, 11) is 0. The number of hydrogen-bond donors (Lipinski definition) is 3.